The third-order valence-electron chi connectivity index (χ3n) is 8.38. The van der Waals surface area contributed by atoms with Gasteiger partial charge in [-0.3, -0.25) is 19.3 Å². The predicted octanol–water partition coefficient (Wildman–Crippen LogP) is -0.102. The molecular formula is C24H28N6O3. The van der Waals surface area contributed by atoms with E-state index in [9.17, 15) is 19.6 Å². The Morgan fingerprint density at radius 2 is 2.03 bits per heavy atom. The second-order valence-electron chi connectivity index (χ2n) is 10.2. The van der Waals surface area contributed by atoms with Crippen LogP contribution in [0.4, 0.5) is 0 Å². The van der Waals surface area contributed by atoms with Gasteiger partial charge in [-0.1, -0.05) is 6.07 Å². The molecule has 0 spiro atoms. The van der Waals surface area contributed by atoms with Crippen LogP contribution in [-0.2, 0) is 16.0 Å². The van der Waals surface area contributed by atoms with Gasteiger partial charge in [0.2, 0.25) is 17.7 Å². The number of nitrogens with two attached hydrogens (primary N) is 2. The van der Waals surface area contributed by atoms with E-state index >= 15 is 0 Å². The number of aryl methyl sites for hydroxylation is 1. The molecule has 1 aromatic rings. The minimum absolute atomic E-state index is 0.0228. The van der Waals surface area contributed by atoms with Crippen molar-refractivity contribution in [1.82, 2.24) is 14.7 Å². The zero-order valence-corrected chi connectivity index (χ0v) is 18.4. The third-order valence-corrected chi connectivity index (χ3v) is 8.38. The molecule has 6 rings (SSSR count). The van der Waals surface area contributed by atoms with E-state index in [0.717, 1.165) is 43.2 Å². The van der Waals surface area contributed by atoms with E-state index in [1.165, 1.54) is 0 Å². The molecule has 5 aliphatic rings. The third kappa shape index (κ3) is 3.08. The molecule has 33 heavy (non-hydrogen) atoms. The molecule has 2 aliphatic carbocycles. The van der Waals surface area contributed by atoms with Crippen LogP contribution < -0.4 is 11.5 Å². The molecule has 3 amide bonds. The van der Waals surface area contributed by atoms with Crippen LogP contribution in [0.1, 0.15) is 53.2 Å². The number of hydrogen-bond donors (Lipinski definition) is 2. The Morgan fingerprint density at radius 1 is 1.21 bits per heavy atom. The Labute approximate surface area is 192 Å². The lowest BCUT2D eigenvalue weighted by Crippen LogP contribution is -2.57. The van der Waals surface area contributed by atoms with Crippen molar-refractivity contribution in [3.63, 3.8) is 0 Å². The van der Waals surface area contributed by atoms with Crippen molar-refractivity contribution in [1.29, 1.82) is 5.26 Å². The van der Waals surface area contributed by atoms with E-state index in [-0.39, 0.29) is 42.0 Å². The van der Waals surface area contributed by atoms with Crippen LogP contribution >= 0.6 is 0 Å². The van der Waals surface area contributed by atoms with Crippen molar-refractivity contribution in [2.75, 3.05) is 13.1 Å². The summed E-state index contributed by atoms with van der Waals surface area (Å²) in [5.74, 6) is -0.0435. The average molecular weight is 449 g/mol. The topological polar surface area (TPSA) is 137 Å². The van der Waals surface area contributed by atoms with E-state index in [1.807, 2.05) is 17.0 Å². The van der Waals surface area contributed by atoms with Crippen LogP contribution in [0.3, 0.4) is 0 Å². The summed E-state index contributed by atoms with van der Waals surface area (Å²) in [4.78, 5) is 43.6. The number of nitriles is 1. The molecule has 7 atom stereocenters. The van der Waals surface area contributed by atoms with E-state index in [2.05, 4.69) is 11.0 Å². The molecule has 3 heterocycles. The predicted molar refractivity (Wildman–Crippen MR) is 117 cm³/mol. The highest BCUT2D eigenvalue weighted by Gasteiger charge is 2.56. The Hall–Kier alpha value is -2.96. The minimum atomic E-state index is -0.722. The molecule has 172 valence electrons. The van der Waals surface area contributed by atoms with Crippen molar-refractivity contribution in [2.24, 2.45) is 17.4 Å². The molecule has 9 nitrogen and oxygen atoms in total. The lowest BCUT2D eigenvalue weighted by molar-refractivity contribution is -0.141. The van der Waals surface area contributed by atoms with Crippen LogP contribution in [0.5, 0.6) is 0 Å². The number of amides is 3. The highest BCUT2D eigenvalue weighted by molar-refractivity contribution is 5.93. The van der Waals surface area contributed by atoms with Crippen LogP contribution in [0.15, 0.2) is 18.2 Å². The SMILES string of the molecule is N#C[C@@H]1C[C@@H]2C[C@@H]2N1C(=O)[C@@H](N)CN1CC2C[C@H]1C(=O)N2[C@@H]1CCc2cc(C(N)=O)ccc21. The van der Waals surface area contributed by atoms with E-state index in [0.29, 0.717) is 24.6 Å². The van der Waals surface area contributed by atoms with Gasteiger partial charge in [-0.15, -0.1) is 0 Å². The number of benzene rings is 1. The van der Waals surface area contributed by atoms with Gasteiger partial charge in [-0.25, -0.2) is 0 Å². The normalized spacial score (nSPS) is 34.8. The summed E-state index contributed by atoms with van der Waals surface area (Å²) in [5.41, 5.74) is 14.4. The van der Waals surface area contributed by atoms with Gasteiger partial charge in [0.15, 0.2) is 0 Å². The first-order chi connectivity index (χ1) is 15.9. The minimum Gasteiger partial charge on any atom is -0.366 e. The maximum Gasteiger partial charge on any atom is 0.248 e. The fourth-order valence-electron chi connectivity index (χ4n) is 6.75. The smallest absolute Gasteiger partial charge is 0.248 e. The van der Waals surface area contributed by atoms with E-state index < -0.39 is 11.9 Å². The number of rotatable bonds is 5. The first-order valence-corrected chi connectivity index (χ1v) is 11.8. The number of hydrogen-bond acceptors (Lipinski definition) is 6. The molecule has 1 saturated carbocycles. The number of piperazine rings is 1. The number of nitrogens with zero attached hydrogens (tertiary/aromatic N) is 4. The lowest BCUT2D eigenvalue weighted by atomic mass is 10.0. The highest BCUT2D eigenvalue weighted by Crippen LogP contribution is 2.48. The Morgan fingerprint density at radius 3 is 2.76 bits per heavy atom. The van der Waals surface area contributed by atoms with Crippen molar-refractivity contribution in [3.8, 4) is 6.07 Å². The summed E-state index contributed by atoms with van der Waals surface area (Å²) in [5, 5.41) is 9.39. The fraction of sp³-hybridized carbons (Fsp3) is 0.583. The standard InChI is InChI=1S/C24H28N6O3/c25-9-15-6-14-7-20(14)29(15)23(32)18(26)11-28-10-16-8-21(28)24(33)30(16)19-4-2-12-5-13(22(27)31)1-3-17(12)19/h1,3,5,14-16,18-21H,2,4,6-8,10-11,26H2,(H2,27,31)/t14-,15+,16?,18+,19-,20+,21+/m1/s1. The molecule has 4 fully saturated rings. The molecule has 2 bridgehead atoms. The maximum atomic E-state index is 13.3. The fourth-order valence-corrected chi connectivity index (χ4v) is 6.75. The first kappa shape index (κ1) is 20.6. The number of primary amides is 1. The summed E-state index contributed by atoms with van der Waals surface area (Å²) in [6, 6.07) is 6.74. The van der Waals surface area contributed by atoms with Crippen LogP contribution in [-0.4, -0.2) is 75.7 Å². The second kappa shape index (κ2) is 7.27. The molecule has 0 radical (unpaired) electrons. The Kier molecular flexibility index (Phi) is 4.55. The van der Waals surface area contributed by atoms with Gasteiger partial charge < -0.3 is 21.3 Å². The molecule has 1 aromatic carbocycles. The molecule has 0 aromatic heterocycles. The second-order valence-corrected chi connectivity index (χ2v) is 10.2. The van der Waals surface area contributed by atoms with Crippen molar-refractivity contribution >= 4 is 17.7 Å². The maximum absolute atomic E-state index is 13.3. The zero-order chi connectivity index (χ0) is 23.0. The summed E-state index contributed by atoms with van der Waals surface area (Å²) in [6.07, 6.45) is 4.15. The zero-order valence-electron chi connectivity index (χ0n) is 18.4. The van der Waals surface area contributed by atoms with Crippen LogP contribution in [0, 0.1) is 17.2 Å². The summed E-state index contributed by atoms with van der Waals surface area (Å²) < 4.78 is 0. The monoisotopic (exact) mass is 448 g/mol. The summed E-state index contributed by atoms with van der Waals surface area (Å²) in [6.45, 7) is 1.05. The van der Waals surface area contributed by atoms with E-state index in [1.54, 1.807) is 11.0 Å². The van der Waals surface area contributed by atoms with Gasteiger partial charge in [-0.2, -0.15) is 5.26 Å². The molecular weight excluding hydrogens is 420 g/mol. The van der Waals surface area contributed by atoms with Gasteiger partial charge in [-0.05, 0) is 61.3 Å². The Bertz CT molecular complexity index is 1100. The number of piperidine rings is 1. The van der Waals surface area contributed by atoms with E-state index in [4.69, 9.17) is 11.5 Å². The summed E-state index contributed by atoms with van der Waals surface area (Å²) in [7, 11) is 0. The van der Waals surface area contributed by atoms with Crippen LogP contribution in [0.2, 0.25) is 0 Å². The van der Waals surface area contributed by atoms with Gasteiger partial charge in [0.25, 0.3) is 0 Å². The molecule has 9 heteroatoms. The Balaban J connectivity index is 1.13. The number of likely N-dealkylation sites (tertiary alicyclic amines) is 3. The molecule has 4 N–H and O–H groups in total. The largest absolute Gasteiger partial charge is 0.366 e. The summed E-state index contributed by atoms with van der Waals surface area (Å²) >= 11 is 0. The highest BCUT2D eigenvalue weighted by atomic mass is 16.2. The quantitative estimate of drug-likeness (QED) is 0.645. The molecule has 3 aliphatic heterocycles. The molecule has 3 saturated heterocycles. The average Bonchev–Trinajstić information content (AvgIpc) is 3.15. The number of carbonyl (C=O) groups excluding carboxylic acids is 3. The van der Waals surface area contributed by atoms with Crippen molar-refractivity contribution < 1.29 is 14.4 Å². The van der Waals surface area contributed by atoms with Gasteiger partial charge >= 0.3 is 0 Å². The lowest BCUT2D eigenvalue weighted by Gasteiger charge is -2.38. The molecule has 1 unspecified atom stereocenters. The first-order valence-electron chi connectivity index (χ1n) is 11.8. The van der Waals surface area contributed by atoms with Crippen LogP contribution in [0.25, 0.3) is 0 Å². The van der Waals surface area contributed by atoms with Gasteiger partial charge in [0, 0.05) is 30.7 Å². The number of carbonyl (C=O) groups is 3. The van der Waals surface area contributed by atoms with Crippen molar-refractivity contribution in [2.45, 2.75) is 68.4 Å². The number of fused-ring (bicyclic) bond motifs is 4. The van der Waals surface area contributed by atoms with Crippen molar-refractivity contribution in [3.05, 3.63) is 34.9 Å². The van der Waals surface area contributed by atoms with Gasteiger partial charge in [0.05, 0.1) is 24.2 Å². The van der Waals surface area contributed by atoms with Gasteiger partial charge in [0.1, 0.15) is 6.04 Å².